The Bertz CT molecular complexity index is 265. The number of hydrogen-bond acceptors (Lipinski definition) is 3. The summed E-state index contributed by atoms with van der Waals surface area (Å²) in [5.74, 6) is 0. The minimum atomic E-state index is -0.444. The molecule has 15 heavy (non-hydrogen) atoms. The van der Waals surface area contributed by atoms with Crippen molar-refractivity contribution in [2.75, 3.05) is 19.7 Å². The van der Waals surface area contributed by atoms with Crippen molar-refractivity contribution in [2.24, 2.45) is 0 Å². The fourth-order valence-electron chi connectivity index (χ4n) is 1.46. The van der Waals surface area contributed by atoms with Crippen molar-refractivity contribution in [1.29, 1.82) is 0 Å². The highest BCUT2D eigenvalue weighted by Gasteiger charge is 2.26. The van der Waals surface area contributed by atoms with E-state index in [9.17, 15) is 4.79 Å². The number of carbonyl (C=O) groups is 1. The van der Waals surface area contributed by atoms with E-state index in [-0.39, 0.29) is 12.7 Å². The highest BCUT2D eigenvalue weighted by Crippen LogP contribution is 2.18. The predicted octanol–water partition coefficient (Wildman–Crippen LogP) is 1.55. The molecule has 1 N–H and O–H groups in total. The molecule has 0 atom stereocenters. The monoisotopic (exact) mass is 213 g/mol. The molecule has 0 radical (unpaired) electrons. The van der Waals surface area contributed by atoms with E-state index in [4.69, 9.17) is 9.84 Å². The normalized spacial score (nSPS) is 19.7. The van der Waals surface area contributed by atoms with Crippen molar-refractivity contribution in [3.05, 3.63) is 11.6 Å². The molecular formula is C11H19NO3. The first-order valence-electron chi connectivity index (χ1n) is 5.19. The highest BCUT2D eigenvalue weighted by molar-refractivity contribution is 5.69. The second-order valence-corrected chi connectivity index (χ2v) is 4.70. The lowest BCUT2D eigenvalue weighted by molar-refractivity contribution is 0.0299. The second kappa shape index (κ2) is 4.66. The molecule has 0 aromatic carbocycles. The molecule has 4 heteroatoms. The van der Waals surface area contributed by atoms with Gasteiger partial charge in [0, 0.05) is 13.1 Å². The first-order valence-corrected chi connectivity index (χ1v) is 5.19. The molecular weight excluding hydrogens is 194 g/mol. The summed E-state index contributed by atoms with van der Waals surface area (Å²) in [5.41, 5.74) is 0.656. The molecule has 86 valence electrons. The number of rotatable bonds is 1. The minimum Gasteiger partial charge on any atom is -0.444 e. The van der Waals surface area contributed by atoms with Crippen LogP contribution in [0.3, 0.4) is 0 Å². The fraction of sp³-hybridized carbons (Fsp3) is 0.727. The third kappa shape index (κ3) is 3.91. The Hall–Kier alpha value is -1.03. The Morgan fingerprint density at radius 2 is 2.27 bits per heavy atom. The lowest BCUT2D eigenvalue weighted by atomic mass is 10.2. The molecule has 1 aliphatic rings. The van der Waals surface area contributed by atoms with Gasteiger partial charge in [0.1, 0.15) is 5.60 Å². The van der Waals surface area contributed by atoms with Crippen LogP contribution in [0.25, 0.3) is 0 Å². The van der Waals surface area contributed by atoms with Crippen molar-refractivity contribution in [1.82, 2.24) is 4.90 Å². The Balaban J connectivity index is 2.47. The molecule has 0 spiro atoms. The largest absolute Gasteiger partial charge is 0.444 e. The Morgan fingerprint density at radius 1 is 1.60 bits per heavy atom. The van der Waals surface area contributed by atoms with E-state index in [0.29, 0.717) is 13.1 Å². The van der Waals surface area contributed by atoms with Crippen LogP contribution >= 0.6 is 0 Å². The second-order valence-electron chi connectivity index (χ2n) is 4.70. The summed E-state index contributed by atoms with van der Waals surface area (Å²) in [7, 11) is 0. The van der Waals surface area contributed by atoms with Crippen molar-refractivity contribution in [3.63, 3.8) is 0 Å². The molecule has 1 fully saturated rings. The maximum atomic E-state index is 11.6. The summed E-state index contributed by atoms with van der Waals surface area (Å²) in [4.78, 5) is 13.3. The number of aliphatic hydroxyl groups is 1. The third-order valence-electron chi connectivity index (χ3n) is 2.13. The van der Waals surface area contributed by atoms with Crippen molar-refractivity contribution >= 4 is 6.09 Å². The van der Waals surface area contributed by atoms with Gasteiger partial charge in [-0.25, -0.2) is 4.79 Å². The molecule has 1 amide bonds. The van der Waals surface area contributed by atoms with Gasteiger partial charge in [-0.1, -0.05) is 11.6 Å². The smallest absolute Gasteiger partial charge is 0.410 e. The topological polar surface area (TPSA) is 49.8 Å². The molecule has 4 nitrogen and oxygen atoms in total. The van der Waals surface area contributed by atoms with Gasteiger partial charge in [0.25, 0.3) is 0 Å². The SMILES string of the molecule is CC(C)(C)OC(=O)N1CC/C(=C/CO)C1. The van der Waals surface area contributed by atoms with E-state index in [0.717, 1.165) is 12.0 Å². The maximum absolute atomic E-state index is 11.6. The van der Waals surface area contributed by atoms with E-state index in [1.807, 2.05) is 20.8 Å². The predicted molar refractivity (Wildman–Crippen MR) is 57.6 cm³/mol. The molecule has 0 unspecified atom stereocenters. The van der Waals surface area contributed by atoms with Crippen LogP contribution in [0.2, 0.25) is 0 Å². The molecule has 1 saturated heterocycles. The minimum absolute atomic E-state index is 0.0392. The number of likely N-dealkylation sites (tertiary alicyclic amines) is 1. The first kappa shape index (κ1) is 12.0. The van der Waals surface area contributed by atoms with Crippen LogP contribution < -0.4 is 0 Å². The van der Waals surface area contributed by atoms with Gasteiger partial charge in [-0.15, -0.1) is 0 Å². The Morgan fingerprint density at radius 3 is 2.80 bits per heavy atom. The van der Waals surface area contributed by atoms with E-state index in [1.165, 1.54) is 0 Å². The molecule has 1 aliphatic heterocycles. The third-order valence-corrected chi connectivity index (χ3v) is 2.13. The van der Waals surface area contributed by atoms with Crippen LogP contribution in [0.1, 0.15) is 27.2 Å². The lowest BCUT2D eigenvalue weighted by Crippen LogP contribution is -2.34. The average Bonchev–Trinajstić information content (AvgIpc) is 2.50. The zero-order valence-electron chi connectivity index (χ0n) is 9.62. The summed E-state index contributed by atoms with van der Waals surface area (Å²) >= 11 is 0. The van der Waals surface area contributed by atoms with Crippen molar-refractivity contribution in [2.45, 2.75) is 32.8 Å². The average molecular weight is 213 g/mol. The fourth-order valence-corrected chi connectivity index (χ4v) is 1.46. The number of carbonyl (C=O) groups excluding carboxylic acids is 1. The number of nitrogens with zero attached hydrogens (tertiary/aromatic N) is 1. The van der Waals surface area contributed by atoms with Gasteiger partial charge in [-0.05, 0) is 27.2 Å². The molecule has 1 heterocycles. The van der Waals surface area contributed by atoms with Gasteiger partial charge in [-0.3, -0.25) is 0 Å². The number of hydrogen-bond donors (Lipinski definition) is 1. The van der Waals surface area contributed by atoms with Crippen molar-refractivity contribution < 1.29 is 14.6 Å². The summed E-state index contributed by atoms with van der Waals surface area (Å²) < 4.78 is 5.25. The van der Waals surface area contributed by atoms with Crippen LogP contribution in [0.4, 0.5) is 4.79 Å². The van der Waals surface area contributed by atoms with Gasteiger partial charge in [0.05, 0.1) is 6.61 Å². The molecule has 0 aromatic heterocycles. The number of ether oxygens (including phenoxy) is 1. The van der Waals surface area contributed by atoms with Gasteiger partial charge in [0.2, 0.25) is 0 Å². The van der Waals surface area contributed by atoms with Gasteiger partial charge >= 0.3 is 6.09 Å². The van der Waals surface area contributed by atoms with E-state index >= 15 is 0 Å². The Labute approximate surface area is 90.5 Å². The summed E-state index contributed by atoms with van der Waals surface area (Å²) in [5, 5.41) is 8.73. The van der Waals surface area contributed by atoms with Crippen LogP contribution in [-0.4, -0.2) is 41.4 Å². The van der Waals surface area contributed by atoms with Crippen LogP contribution in [0.5, 0.6) is 0 Å². The molecule has 0 aliphatic carbocycles. The molecule has 0 saturated carbocycles. The van der Waals surface area contributed by atoms with Gasteiger partial charge in [-0.2, -0.15) is 0 Å². The van der Waals surface area contributed by atoms with Crippen LogP contribution in [0.15, 0.2) is 11.6 Å². The standard InChI is InChI=1S/C11H19NO3/c1-11(2,3)15-10(14)12-6-4-9(8-12)5-7-13/h5,13H,4,6-8H2,1-3H3/b9-5-. The molecule has 1 rings (SSSR count). The highest BCUT2D eigenvalue weighted by atomic mass is 16.6. The number of amides is 1. The quantitative estimate of drug-likeness (QED) is 0.672. The van der Waals surface area contributed by atoms with Crippen molar-refractivity contribution in [3.8, 4) is 0 Å². The maximum Gasteiger partial charge on any atom is 0.410 e. The van der Waals surface area contributed by atoms with E-state index < -0.39 is 5.60 Å². The van der Waals surface area contributed by atoms with Gasteiger partial charge < -0.3 is 14.7 Å². The van der Waals surface area contributed by atoms with E-state index in [1.54, 1.807) is 11.0 Å². The summed E-state index contributed by atoms with van der Waals surface area (Å²) in [6.07, 6.45) is 2.31. The first-order chi connectivity index (χ1) is 6.92. The molecule has 0 bridgehead atoms. The molecule has 0 aromatic rings. The summed E-state index contributed by atoms with van der Waals surface area (Å²) in [6, 6.07) is 0. The zero-order valence-corrected chi connectivity index (χ0v) is 9.62. The zero-order chi connectivity index (χ0) is 11.5. The van der Waals surface area contributed by atoms with E-state index in [2.05, 4.69) is 0 Å². The van der Waals surface area contributed by atoms with Crippen LogP contribution in [0, 0.1) is 0 Å². The van der Waals surface area contributed by atoms with Gasteiger partial charge in [0.15, 0.2) is 0 Å². The van der Waals surface area contributed by atoms with Crippen LogP contribution in [-0.2, 0) is 4.74 Å². The lowest BCUT2D eigenvalue weighted by Gasteiger charge is -2.23. The summed E-state index contributed by atoms with van der Waals surface area (Å²) in [6.45, 7) is 6.86. The Kier molecular flexibility index (Phi) is 3.74. The number of aliphatic hydroxyl groups excluding tert-OH is 1.